The summed E-state index contributed by atoms with van der Waals surface area (Å²) in [5, 5.41) is 7.57. The molecule has 0 spiro atoms. The number of aromatic nitrogens is 3. The van der Waals surface area contributed by atoms with Crippen molar-refractivity contribution >= 4 is 0 Å². The van der Waals surface area contributed by atoms with E-state index in [1.165, 1.54) is 11.1 Å². The number of nitrogens with one attached hydrogen (secondary N) is 1. The molecular weight excluding hydrogens is 240 g/mol. The van der Waals surface area contributed by atoms with Crippen LogP contribution in [0.15, 0.2) is 30.6 Å². The van der Waals surface area contributed by atoms with Crippen LogP contribution in [0.2, 0.25) is 0 Å². The highest BCUT2D eigenvalue weighted by atomic mass is 16.5. The van der Waals surface area contributed by atoms with E-state index in [0.29, 0.717) is 13.2 Å². The first-order valence-corrected chi connectivity index (χ1v) is 6.42. The summed E-state index contributed by atoms with van der Waals surface area (Å²) in [6, 6.07) is 8.34. The third kappa shape index (κ3) is 3.87. The molecule has 0 unspecified atom stereocenters. The minimum atomic E-state index is 0.700. The third-order valence-corrected chi connectivity index (χ3v) is 3.04. The van der Waals surface area contributed by atoms with Crippen LogP contribution in [0.1, 0.15) is 17.0 Å². The van der Waals surface area contributed by atoms with Gasteiger partial charge in [0.15, 0.2) is 0 Å². The molecule has 0 atom stereocenters. The molecule has 1 N–H and O–H groups in total. The summed E-state index contributed by atoms with van der Waals surface area (Å²) in [4.78, 5) is 4.29. The fourth-order valence-electron chi connectivity index (χ4n) is 1.88. The van der Waals surface area contributed by atoms with Crippen molar-refractivity contribution in [3.8, 4) is 0 Å². The fraction of sp³-hybridized carbons (Fsp3) is 0.429. The first-order chi connectivity index (χ1) is 9.31. The molecule has 0 aliphatic carbocycles. The van der Waals surface area contributed by atoms with Gasteiger partial charge in [-0.1, -0.05) is 24.3 Å². The molecule has 2 rings (SSSR count). The predicted octanol–water partition coefficient (Wildman–Crippen LogP) is 1.37. The second kappa shape index (κ2) is 7.01. The molecule has 0 saturated carbocycles. The van der Waals surface area contributed by atoms with Gasteiger partial charge in [0.2, 0.25) is 0 Å². The predicted molar refractivity (Wildman–Crippen MR) is 73.9 cm³/mol. The van der Waals surface area contributed by atoms with Gasteiger partial charge in [-0.3, -0.25) is 0 Å². The maximum Gasteiger partial charge on any atom is 0.141 e. The number of ether oxygens (including phenoxy) is 1. The zero-order valence-corrected chi connectivity index (χ0v) is 11.5. The number of rotatable bonds is 7. The van der Waals surface area contributed by atoms with Gasteiger partial charge in [-0.2, -0.15) is 5.10 Å². The molecule has 0 aliphatic heterocycles. The Morgan fingerprint density at radius 3 is 2.95 bits per heavy atom. The molecule has 102 valence electrons. The summed E-state index contributed by atoms with van der Waals surface area (Å²) in [5.41, 5.74) is 2.54. The van der Waals surface area contributed by atoms with Crippen molar-refractivity contribution in [3.05, 3.63) is 47.5 Å². The van der Waals surface area contributed by atoms with Crippen molar-refractivity contribution in [3.63, 3.8) is 0 Å². The highest BCUT2D eigenvalue weighted by Crippen LogP contribution is 2.09. The lowest BCUT2D eigenvalue weighted by Gasteiger charge is -2.09. The first-order valence-electron chi connectivity index (χ1n) is 6.42. The number of hydrogen-bond acceptors (Lipinski definition) is 4. The molecule has 2 aromatic rings. The molecule has 19 heavy (non-hydrogen) atoms. The third-order valence-electron chi connectivity index (χ3n) is 3.04. The minimum absolute atomic E-state index is 0.700. The van der Waals surface area contributed by atoms with Crippen molar-refractivity contribution in [2.24, 2.45) is 0 Å². The summed E-state index contributed by atoms with van der Waals surface area (Å²) < 4.78 is 6.93. The van der Waals surface area contributed by atoms with Gasteiger partial charge in [-0.25, -0.2) is 9.67 Å². The van der Waals surface area contributed by atoms with E-state index in [-0.39, 0.29) is 0 Å². The van der Waals surface area contributed by atoms with Gasteiger partial charge >= 0.3 is 0 Å². The first kappa shape index (κ1) is 13.7. The molecule has 1 aromatic heterocycles. The van der Waals surface area contributed by atoms with Crippen molar-refractivity contribution < 1.29 is 4.74 Å². The van der Waals surface area contributed by atoms with Gasteiger partial charge in [0.25, 0.3) is 0 Å². The van der Waals surface area contributed by atoms with E-state index in [4.69, 9.17) is 4.74 Å². The van der Waals surface area contributed by atoms with Gasteiger partial charge in [-0.05, 0) is 18.1 Å². The topological polar surface area (TPSA) is 52.0 Å². The summed E-state index contributed by atoms with van der Waals surface area (Å²) in [6.45, 7) is 5.09. The highest BCUT2D eigenvalue weighted by molar-refractivity contribution is 5.25. The lowest BCUT2D eigenvalue weighted by molar-refractivity contribution is 0.198. The largest absolute Gasteiger partial charge is 0.383 e. The van der Waals surface area contributed by atoms with Crippen molar-refractivity contribution in [2.45, 2.75) is 20.0 Å². The van der Waals surface area contributed by atoms with Crippen LogP contribution >= 0.6 is 0 Å². The zero-order chi connectivity index (χ0) is 13.5. The fourth-order valence-corrected chi connectivity index (χ4v) is 1.88. The molecule has 1 aromatic carbocycles. The van der Waals surface area contributed by atoms with Gasteiger partial charge in [0.05, 0.1) is 19.7 Å². The maximum atomic E-state index is 5.00. The number of hydrogen-bond donors (Lipinski definition) is 1. The van der Waals surface area contributed by atoms with E-state index in [0.717, 1.165) is 18.9 Å². The molecule has 5 heteroatoms. The van der Waals surface area contributed by atoms with E-state index >= 15 is 0 Å². The molecule has 0 saturated heterocycles. The minimum Gasteiger partial charge on any atom is -0.383 e. The highest BCUT2D eigenvalue weighted by Gasteiger charge is 2.05. The molecule has 1 heterocycles. The summed E-state index contributed by atoms with van der Waals surface area (Å²) in [6.07, 6.45) is 1.60. The number of aryl methyl sites for hydroxylation is 1. The van der Waals surface area contributed by atoms with Gasteiger partial charge < -0.3 is 10.1 Å². The van der Waals surface area contributed by atoms with E-state index in [1.807, 2.05) is 10.7 Å². The van der Waals surface area contributed by atoms with Gasteiger partial charge in [0.1, 0.15) is 12.2 Å². The molecule has 0 aliphatic rings. The molecule has 0 radical (unpaired) electrons. The average Bonchev–Trinajstić information content (AvgIpc) is 2.85. The Balaban J connectivity index is 1.98. The van der Waals surface area contributed by atoms with E-state index in [2.05, 4.69) is 40.5 Å². The molecule has 0 fully saturated rings. The normalized spacial score (nSPS) is 10.8. The Hall–Kier alpha value is -1.72. The van der Waals surface area contributed by atoms with Crippen LogP contribution in [-0.2, 0) is 17.8 Å². The number of nitrogens with zero attached hydrogens (tertiary/aromatic N) is 3. The summed E-state index contributed by atoms with van der Waals surface area (Å²) in [7, 11) is 1.70. The SMILES string of the molecule is COCCNCc1ncnn1Cc1ccccc1C. The number of benzene rings is 1. The van der Waals surface area contributed by atoms with Crippen molar-refractivity contribution in [1.29, 1.82) is 0 Å². The van der Waals surface area contributed by atoms with Crippen LogP contribution in [0.25, 0.3) is 0 Å². The summed E-state index contributed by atoms with van der Waals surface area (Å²) >= 11 is 0. The van der Waals surface area contributed by atoms with Crippen LogP contribution in [0.3, 0.4) is 0 Å². The maximum absolute atomic E-state index is 5.00. The van der Waals surface area contributed by atoms with E-state index < -0.39 is 0 Å². The Bertz CT molecular complexity index is 510. The summed E-state index contributed by atoms with van der Waals surface area (Å²) in [5.74, 6) is 0.944. The molecule has 5 nitrogen and oxygen atoms in total. The standard InChI is InChI=1S/C14H20N4O/c1-12-5-3-4-6-13(12)10-18-14(16-11-17-18)9-15-7-8-19-2/h3-6,11,15H,7-10H2,1-2H3. The van der Waals surface area contributed by atoms with Crippen molar-refractivity contribution in [2.75, 3.05) is 20.3 Å². The van der Waals surface area contributed by atoms with Crippen LogP contribution < -0.4 is 5.32 Å². The molecule has 0 bridgehead atoms. The monoisotopic (exact) mass is 260 g/mol. The van der Waals surface area contributed by atoms with E-state index in [9.17, 15) is 0 Å². The average molecular weight is 260 g/mol. The van der Waals surface area contributed by atoms with Crippen LogP contribution in [-0.4, -0.2) is 35.0 Å². The van der Waals surface area contributed by atoms with Gasteiger partial charge in [-0.15, -0.1) is 0 Å². The zero-order valence-electron chi connectivity index (χ0n) is 11.5. The second-order valence-electron chi connectivity index (χ2n) is 4.43. The Morgan fingerprint density at radius 2 is 2.16 bits per heavy atom. The van der Waals surface area contributed by atoms with Crippen LogP contribution in [0, 0.1) is 6.92 Å². The van der Waals surface area contributed by atoms with Crippen molar-refractivity contribution in [1.82, 2.24) is 20.1 Å². The van der Waals surface area contributed by atoms with Gasteiger partial charge in [0, 0.05) is 13.7 Å². The second-order valence-corrected chi connectivity index (χ2v) is 4.43. The lowest BCUT2D eigenvalue weighted by Crippen LogP contribution is -2.21. The Kier molecular flexibility index (Phi) is 5.06. The van der Waals surface area contributed by atoms with Crippen LogP contribution in [0.5, 0.6) is 0 Å². The Labute approximate surface area is 113 Å². The van der Waals surface area contributed by atoms with Crippen LogP contribution in [0.4, 0.5) is 0 Å². The Morgan fingerprint density at radius 1 is 1.32 bits per heavy atom. The molecular formula is C14H20N4O. The smallest absolute Gasteiger partial charge is 0.141 e. The molecule has 0 amide bonds. The quantitative estimate of drug-likeness (QED) is 0.764. The van der Waals surface area contributed by atoms with E-state index in [1.54, 1.807) is 13.4 Å². The number of methoxy groups -OCH3 is 1. The lowest BCUT2D eigenvalue weighted by atomic mass is 10.1.